The molecule has 2 N–H and O–H groups in total. The lowest BCUT2D eigenvalue weighted by Gasteiger charge is -2.15. The van der Waals surface area contributed by atoms with E-state index in [1.807, 2.05) is 0 Å². The zero-order valence-corrected chi connectivity index (χ0v) is 16.9. The molecule has 0 aromatic rings. The van der Waals surface area contributed by atoms with Gasteiger partial charge in [0.15, 0.2) is 0 Å². The van der Waals surface area contributed by atoms with Crippen molar-refractivity contribution in [3.05, 3.63) is 0 Å². The first-order valence-electron chi connectivity index (χ1n) is 6.59. The molecule has 0 unspecified atom stereocenters. The minimum Gasteiger partial charge on any atom is -0.467 e. The van der Waals surface area contributed by atoms with E-state index in [2.05, 4.69) is 20.1 Å². The molecule has 0 aliphatic carbocycles. The van der Waals surface area contributed by atoms with Crippen molar-refractivity contribution in [3.63, 3.8) is 0 Å². The number of carbonyl (C=O) groups is 4. The fourth-order valence-corrected chi connectivity index (χ4v) is 7.46. The molecule has 0 radical (unpaired) electrons. The molecule has 0 aromatic heterocycles. The molecule has 0 saturated heterocycles. The Bertz CT molecular complexity index is 411. The summed E-state index contributed by atoms with van der Waals surface area (Å²) in [6.07, 6.45) is 0. The summed E-state index contributed by atoms with van der Waals surface area (Å²) in [7, 11) is 8.03. The largest absolute Gasteiger partial charge is 0.467 e. The lowest BCUT2D eigenvalue weighted by Crippen LogP contribution is -2.42. The van der Waals surface area contributed by atoms with Crippen LogP contribution in [0.1, 0.15) is 13.8 Å². The van der Waals surface area contributed by atoms with Gasteiger partial charge in [-0.2, -0.15) is 0 Å². The summed E-state index contributed by atoms with van der Waals surface area (Å²) in [6, 6.07) is -1.42. The molecular weight excluding hydrogens is 396 g/mol. The molecule has 0 aromatic carbocycles. The lowest BCUT2D eigenvalue weighted by atomic mass is 10.3. The van der Waals surface area contributed by atoms with Crippen molar-refractivity contribution in [1.82, 2.24) is 10.6 Å². The fraction of sp³-hybridized carbons (Fsp3) is 0.667. The third-order valence-corrected chi connectivity index (χ3v) is 8.80. The number of methoxy groups -OCH3 is 2. The maximum Gasteiger partial charge on any atom is 0.329 e. The van der Waals surface area contributed by atoms with Gasteiger partial charge in [0.05, 0.1) is 14.2 Å². The van der Waals surface area contributed by atoms with Crippen molar-refractivity contribution in [1.29, 1.82) is 0 Å². The van der Waals surface area contributed by atoms with Gasteiger partial charge in [-0.15, -0.1) is 0 Å². The molecule has 0 fully saturated rings. The second-order valence-electron chi connectivity index (χ2n) is 4.26. The molecule has 24 heavy (non-hydrogen) atoms. The van der Waals surface area contributed by atoms with Crippen LogP contribution in [0.5, 0.6) is 0 Å². The average Bonchev–Trinajstić information content (AvgIpc) is 2.53. The molecular formula is C12H20N2O6S4. The van der Waals surface area contributed by atoms with Gasteiger partial charge in [-0.25, -0.2) is 9.59 Å². The highest BCUT2D eigenvalue weighted by Crippen LogP contribution is 2.43. The maximum atomic E-state index is 11.5. The van der Waals surface area contributed by atoms with Crippen molar-refractivity contribution in [2.75, 3.05) is 25.7 Å². The van der Waals surface area contributed by atoms with E-state index in [4.69, 9.17) is 0 Å². The standard InChI is InChI=1S/C12H20N2O6S4/c1-7(15)13-9(11(17)19-3)5-21-23-24-22-6-10(12(18)20-4)14-8(2)16/h9-10H,5-6H2,1-4H3,(H,13,15)(H,14,16)/t9-,10-/m1/s1. The summed E-state index contributed by atoms with van der Waals surface area (Å²) < 4.78 is 9.24. The minimum absolute atomic E-state index is 0.311. The van der Waals surface area contributed by atoms with Crippen LogP contribution in [0.4, 0.5) is 0 Å². The summed E-state index contributed by atoms with van der Waals surface area (Å²) >= 11 is 0. The SMILES string of the molecule is COC(=O)[C@@H](CSSSSC[C@@H](NC(C)=O)C(=O)OC)NC(C)=O. The van der Waals surface area contributed by atoms with Crippen LogP contribution in [-0.2, 0) is 28.7 Å². The van der Waals surface area contributed by atoms with Crippen LogP contribution in [0.15, 0.2) is 0 Å². The molecule has 8 nitrogen and oxygen atoms in total. The van der Waals surface area contributed by atoms with E-state index in [0.29, 0.717) is 11.5 Å². The van der Waals surface area contributed by atoms with Gasteiger partial charge in [0.2, 0.25) is 11.8 Å². The Morgan fingerprint density at radius 2 is 1.12 bits per heavy atom. The Kier molecular flexibility index (Phi) is 13.2. The van der Waals surface area contributed by atoms with E-state index < -0.39 is 24.0 Å². The van der Waals surface area contributed by atoms with E-state index in [9.17, 15) is 19.2 Å². The maximum absolute atomic E-state index is 11.5. The van der Waals surface area contributed by atoms with Crippen molar-refractivity contribution in [2.24, 2.45) is 0 Å². The van der Waals surface area contributed by atoms with Gasteiger partial charge in [0, 0.05) is 25.4 Å². The lowest BCUT2D eigenvalue weighted by molar-refractivity contribution is -0.144. The molecule has 2 atom stereocenters. The second kappa shape index (κ2) is 13.6. The van der Waals surface area contributed by atoms with Crippen molar-refractivity contribution in [3.8, 4) is 0 Å². The summed E-state index contributed by atoms with van der Waals surface area (Å²) in [5.41, 5.74) is 0. The van der Waals surface area contributed by atoms with Crippen molar-refractivity contribution < 1.29 is 28.7 Å². The third kappa shape index (κ3) is 10.9. The summed E-state index contributed by atoms with van der Waals surface area (Å²) in [5.74, 6) is -0.948. The highest BCUT2D eigenvalue weighted by atomic mass is 33.7. The molecule has 0 heterocycles. The smallest absolute Gasteiger partial charge is 0.329 e. The Labute approximate surface area is 155 Å². The van der Waals surface area contributed by atoms with Crippen molar-refractivity contribution >= 4 is 65.0 Å². The highest BCUT2D eigenvalue weighted by Gasteiger charge is 2.21. The minimum atomic E-state index is -0.710. The highest BCUT2D eigenvalue weighted by molar-refractivity contribution is 9.26. The molecule has 0 bridgehead atoms. The van der Waals surface area contributed by atoms with Crippen LogP contribution in [0, 0.1) is 0 Å². The van der Waals surface area contributed by atoms with Crippen molar-refractivity contribution in [2.45, 2.75) is 25.9 Å². The Hall–Kier alpha value is -0.720. The Balaban J connectivity index is 4.09. The first-order chi connectivity index (χ1) is 11.3. The average molecular weight is 417 g/mol. The van der Waals surface area contributed by atoms with Crippen LogP contribution in [-0.4, -0.2) is 61.6 Å². The predicted octanol–water partition coefficient (Wildman–Crippen LogP) is 1.02. The number of carbonyl (C=O) groups excluding carboxylic acids is 4. The van der Waals surface area contributed by atoms with E-state index >= 15 is 0 Å². The third-order valence-electron chi connectivity index (χ3n) is 2.32. The molecule has 0 aliphatic rings. The van der Waals surface area contributed by atoms with Gasteiger partial charge in [-0.05, 0) is 19.7 Å². The Morgan fingerprint density at radius 3 is 1.38 bits per heavy atom. The van der Waals surface area contributed by atoms with Gasteiger partial charge in [-0.1, -0.05) is 21.6 Å². The number of nitrogens with one attached hydrogen (secondary N) is 2. The number of ether oxygens (including phenoxy) is 2. The molecule has 0 spiro atoms. The molecule has 138 valence electrons. The quantitative estimate of drug-likeness (QED) is 0.288. The first-order valence-corrected chi connectivity index (χ1v) is 11.7. The van der Waals surface area contributed by atoms with Gasteiger partial charge in [0.1, 0.15) is 12.1 Å². The summed E-state index contributed by atoms with van der Waals surface area (Å²) in [5, 5.41) is 5.02. The van der Waals surface area contributed by atoms with Gasteiger partial charge < -0.3 is 20.1 Å². The topological polar surface area (TPSA) is 111 Å². The van der Waals surface area contributed by atoms with E-state index in [1.54, 1.807) is 0 Å². The fourth-order valence-electron chi connectivity index (χ4n) is 1.34. The number of hydrogen-bond acceptors (Lipinski definition) is 10. The number of hydrogen-bond donors (Lipinski definition) is 2. The van der Waals surface area contributed by atoms with Gasteiger partial charge in [-0.3, -0.25) is 9.59 Å². The van der Waals surface area contributed by atoms with Gasteiger partial charge in [0.25, 0.3) is 0 Å². The predicted molar refractivity (Wildman–Crippen MR) is 99.3 cm³/mol. The van der Waals surface area contributed by atoms with Crippen LogP contribution in [0.25, 0.3) is 0 Å². The zero-order valence-electron chi connectivity index (χ0n) is 13.7. The number of amides is 2. The van der Waals surface area contributed by atoms with Crippen LogP contribution >= 0.6 is 41.2 Å². The monoisotopic (exact) mass is 416 g/mol. The van der Waals surface area contributed by atoms with Gasteiger partial charge >= 0.3 is 11.9 Å². The van der Waals surface area contributed by atoms with Crippen LogP contribution in [0.3, 0.4) is 0 Å². The molecule has 12 heteroatoms. The normalized spacial score (nSPS) is 12.7. The molecule has 0 aliphatic heterocycles. The Morgan fingerprint density at radius 1 is 0.792 bits per heavy atom. The number of rotatable bonds is 11. The van der Waals surface area contributed by atoms with E-state index in [0.717, 1.165) is 0 Å². The van der Waals surface area contributed by atoms with E-state index in [-0.39, 0.29) is 11.8 Å². The van der Waals surface area contributed by atoms with Crippen LogP contribution < -0.4 is 10.6 Å². The zero-order chi connectivity index (χ0) is 18.5. The van der Waals surface area contributed by atoms with Crippen LogP contribution in [0.2, 0.25) is 0 Å². The molecule has 0 rings (SSSR count). The molecule has 2 amide bonds. The first kappa shape index (κ1) is 23.3. The second-order valence-corrected chi connectivity index (χ2v) is 10.3. The summed E-state index contributed by atoms with van der Waals surface area (Å²) in [4.78, 5) is 45.1. The molecule has 0 saturated carbocycles. The van der Waals surface area contributed by atoms with E-state index in [1.165, 1.54) is 69.3 Å². The summed E-state index contributed by atoms with van der Waals surface area (Å²) in [6.45, 7) is 2.65. The number of esters is 2.